The second kappa shape index (κ2) is 4.44. The van der Waals surface area contributed by atoms with Crippen LogP contribution in [0, 0.1) is 10.1 Å². The van der Waals surface area contributed by atoms with E-state index in [1.165, 1.54) is 0 Å². The van der Waals surface area contributed by atoms with Crippen LogP contribution in [-0.2, 0) is 6.18 Å². The van der Waals surface area contributed by atoms with E-state index in [0.717, 1.165) is 0 Å². The summed E-state index contributed by atoms with van der Waals surface area (Å²) in [6.45, 7) is 0. The predicted octanol–water partition coefficient (Wildman–Crippen LogP) is 4.20. The Morgan fingerprint density at radius 3 is 2.18 bits per heavy atom. The third-order valence-corrected chi connectivity index (χ3v) is 2.16. The fraction of sp³-hybridized carbons (Fsp3) is 0.250. The second-order valence-electron chi connectivity index (χ2n) is 2.94. The van der Waals surface area contributed by atoms with Crippen molar-refractivity contribution in [3.63, 3.8) is 0 Å². The van der Waals surface area contributed by atoms with E-state index in [-0.39, 0.29) is 6.07 Å². The fourth-order valence-corrected chi connectivity index (χ4v) is 1.46. The molecule has 0 aliphatic carbocycles. The number of nitro groups is 1. The van der Waals surface area contributed by atoms with Crippen LogP contribution in [0.2, 0.25) is 5.02 Å². The first-order valence-electron chi connectivity index (χ1n) is 3.97. The van der Waals surface area contributed by atoms with Gasteiger partial charge in [-0.05, 0) is 0 Å². The predicted molar refractivity (Wildman–Crippen MR) is 48.1 cm³/mol. The lowest BCUT2D eigenvalue weighted by Crippen LogP contribution is -2.11. The van der Waals surface area contributed by atoms with E-state index >= 15 is 0 Å². The zero-order chi connectivity index (χ0) is 13.4. The number of nitrogens with zero attached hydrogens (tertiary/aromatic N) is 1. The number of benzene rings is 1. The SMILES string of the molecule is O=[N+]([O-])c1cc(Cl)c(C(F)F)c(C(F)(F)F)c1. The van der Waals surface area contributed by atoms with Crippen molar-refractivity contribution >= 4 is 17.3 Å². The maximum absolute atomic E-state index is 12.4. The van der Waals surface area contributed by atoms with Gasteiger partial charge in [-0.3, -0.25) is 10.1 Å². The maximum Gasteiger partial charge on any atom is 0.417 e. The summed E-state index contributed by atoms with van der Waals surface area (Å²) in [5.41, 5.74) is -4.25. The first-order chi connectivity index (χ1) is 7.64. The van der Waals surface area contributed by atoms with Crippen LogP contribution in [0.15, 0.2) is 12.1 Å². The van der Waals surface area contributed by atoms with Crippen molar-refractivity contribution in [2.45, 2.75) is 12.6 Å². The van der Waals surface area contributed by atoms with Gasteiger partial charge >= 0.3 is 6.18 Å². The van der Waals surface area contributed by atoms with Crippen LogP contribution in [0.4, 0.5) is 27.6 Å². The molecule has 0 aliphatic heterocycles. The summed E-state index contributed by atoms with van der Waals surface area (Å²) in [4.78, 5) is 9.16. The summed E-state index contributed by atoms with van der Waals surface area (Å²) in [6.07, 6.45) is -8.61. The lowest BCUT2D eigenvalue weighted by atomic mass is 10.1. The molecule has 0 atom stereocenters. The van der Waals surface area contributed by atoms with Gasteiger partial charge in [0.15, 0.2) is 0 Å². The minimum atomic E-state index is -5.14. The Morgan fingerprint density at radius 1 is 1.29 bits per heavy atom. The summed E-state index contributed by atoms with van der Waals surface area (Å²) in [5.74, 6) is 0. The van der Waals surface area contributed by atoms with Crippen LogP contribution in [0.25, 0.3) is 0 Å². The molecule has 0 saturated heterocycles. The molecule has 0 spiro atoms. The monoisotopic (exact) mass is 275 g/mol. The van der Waals surface area contributed by atoms with Gasteiger partial charge in [0.2, 0.25) is 0 Å². The molecule has 0 aliphatic rings. The van der Waals surface area contributed by atoms with Crippen molar-refractivity contribution in [2.24, 2.45) is 0 Å². The molecule has 0 unspecified atom stereocenters. The Kier molecular flexibility index (Phi) is 3.56. The van der Waals surface area contributed by atoms with Gasteiger partial charge in [0.05, 0.1) is 15.5 Å². The second-order valence-corrected chi connectivity index (χ2v) is 3.35. The van der Waals surface area contributed by atoms with Crippen molar-refractivity contribution in [2.75, 3.05) is 0 Å². The molecule has 1 rings (SSSR count). The molecule has 0 fully saturated rings. The van der Waals surface area contributed by atoms with E-state index in [4.69, 9.17) is 11.6 Å². The lowest BCUT2D eigenvalue weighted by Gasteiger charge is -2.13. The lowest BCUT2D eigenvalue weighted by molar-refractivity contribution is -0.385. The minimum absolute atomic E-state index is 0.0351. The third kappa shape index (κ3) is 2.82. The average molecular weight is 276 g/mol. The van der Waals surface area contributed by atoms with Crippen LogP contribution >= 0.6 is 11.6 Å². The highest BCUT2D eigenvalue weighted by Crippen LogP contribution is 2.42. The van der Waals surface area contributed by atoms with Gasteiger partial charge in [0.1, 0.15) is 0 Å². The van der Waals surface area contributed by atoms with Crippen LogP contribution in [0.3, 0.4) is 0 Å². The first kappa shape index (κ1) is 13.6. The first-order valence-corrected chi connectivity index (χ1v) is 4.35. The van der Waals surface area contributed by atoms with Crippen LogP contribution in [0.1, 0.15) is 17.6 Å². The Morgan fingerprint density at radius 2 is 1.82 bits per heavy atom. The fourth-order valence-electron chi connectivity index (χ4n) is 1.17. The van der Waals surface area contributed by atoms with Gasteiger partial charge in [-0.15, -0.1) is 0 Å². The molecule has 0 heterocycles. The number of non-ortho nitro benzene ring substituents is 1. The molecule has 0 aromatic heterocycles. The molecule has 0 saturated carbocycles. The molecule has 0 N–H and O–H groups in total. The van der Waals surface area contributed by atoms with Crippen LogP contribution in [0.5, 0.6) is 0 Å². The van der Waals surface area contributed by atoms with Crippen molar-refractivity contribution in [1.29, 1.82) is 0 Å². The van der Waals surface area contributed by atoms with Crippen molar-refractivity contribution in [3.05, 3.63) is 38.4 Å². The minimum Gasteiger partial charge on any atom is -0.258 e. The number of hydrogen-bond acceptors (Lipinski definition) is 2. The van der Waals surface area contributed by atoms with Crippen molar-refractivity contribution in [3.8, 4) is 0 Å². The largest absolute Gasteiger partial charge is 0.417 e. The highest BCUT2D eigenvalue weighted by Gasteiger charge is 2.38. The normalized spacial score (nSPS) is 11.9. The number of halogens is 6. The zero-order valence-corrected chi connectivity index (χ0v) is 8.52. The Bertz CT molecular complexity index is 460. The summed E-state index contributed by atoms with van der Waals surface area (Å²) in [5, 5.41) is 9.32. The molecule has 3 nitrogen and oxygen atoms in total. The van der Waals surface area contributed by atoms with E-state index in [1.54, 1.807) is 0 Å². The summed E-state index contributed by atoms with van der Waals surface area (Å²) < 4.78 is 62.0. The number of alkyl halides is 5. The number of hydrogen-bond donors (Lipinski definition) is 0. The van der Waals surface area contributed by atoms with Gasteiger partial charge in [-0.25, -0.2) is 8.78 Å². The molecule has 0 amide bonds. The molecular weight excluding hydrogens is 273 g/mol. The number of nitro benzene ring substituents is 1. The van der Waals surface area contributed by atoms with Crippen LogP contribution < -0.4 is 0 Å². The van der Waals surface area contributed by atoms with Crippen LogP contribution in [-0.4, -0.2) is 4.92 Å². The highest BCUT2D eigenvalue weighted by molar-refractivity contribution is 6.31. The molecule has 0 bridgehead atoms. The smallest absolute Gasteiger partial charge is 0.258 e. The summed E-state index contributed by atoms with van der Waals surface area (Å²) in [6, 6.07) is 0.492. The van der Waals surface area contributed by atoms with Crippen molar-refractivity contribution < 1.29 is 26.9 Å². The van der Waals surface area contributed by atoms with Gasteiger partial charge in [0, 0.05) is 17.7 Å². The molecule has 17 heavy (non-hydrogen) atoms. The summed E-state index contributed by atoms with van der Waals surface area (Å²) in [7, 11) is 0. The van der Waals surface area contributed by atoms with E-state index < -0.39 is 39.4 Å². The van der Waals surface area contributed by atoms with E-state index in [2.05, 4.69) is 0 Å². The maximum atomic E-state index is 12.4. The molecule has 1 aromatic rings. The van der Waals surface area contributed by atoms with E-state index in [0.29, 0.717) is 6.07 Å². The average Bonchev–Trinajstić information content (AvgIpc) is 2.14. The van der Waals surface area contributed by atoms with E-state index in [1.807, 2.05) is 0 Å². The number of rotatable bonds is 2. The molecule has 1 aromatic carbocycles. The van der Waals surface area contributed by atoms with Gasteiger partial charge in [-0.2, -0.15) is 13.2 Å². The Balaban J connectivity index is 3.57. The zero-order valence-electron chi connectivity index (χ0n) is 7.76. The molecular formula is C8H3ClF5NO2. The Labute approximate surface area is 95.9 Å². The molecule has 0 radical (unpaired) electrons. The summed E-state index contributed by atoms with van der Waals surface area (Å²) >= 11 is 5.20. The molecule has 94 valence electrons. The van der Waals surface area contributed by atoms with Crippen molar-refractivity contribution in [1.82, 2.24) is 0 Å². The van der Waals surface area contributed by atoms with Gasteiger partial charge in [0.25, 0.3) is 12.1 Å². The van der Waals surface area contributed by atoms with Gasteiger partial charge < -0.3 is 0 Å². The highest BCUT2D eigenvalue weighted by atomic mass is 35.5. The van der Waals surface area contributed by atoms with Gasteiger partial charge in [-0.1, -0.05) is 11.6 Å². The standard InChI is InChI=1S/C8H3ClF5NO2/c9-5-2-3(15(16)17)1-4(8(12,13)14)6(5)7(10)11/h1-2,7H. The third-order valence-electron chi connectivity index (χ3n) is 1.85. The Hall–Kier alpha value is -1.44. The topological polar surface area (TPSA) is 43.1 Å². The van der Waals surface area contributed by atoms with E-state index in [9.17, 15) is 32.1 Å². The molecule has 9 heteroatoms. The quantitative estimate of drug-likeness (QED) is 0.461.